The van der Waals surface area contributed by atoms with Crippen LogP contribution in [0.25, 0.3) is 0 Å². The Kier molecular flexibility index (Phi) is 19.2. The Morgan fingerprint density at radius 3 is 1.66 bits per heavy atom. The van der Waals surface area contributed by atoms with Gasteiger partial charge in [-0.2, -0.15) is 0 Å². The van der Waals surface area contributed by atoms with Gasteiger partial charge in [0.1, 0.15) is 0 Å². The molecule has 35 heavy (non-hydrogen) atoms. The zero-order chi connectivity index (χ0) is 25.6. The first kappa shape index (κ1) is 31.2. The lowest BCUT2D eigenvalue weighted by Crippen LogP contribution is -2.22. The van der Waals surface area contributed by atoms with E-state index in [2.05, 4.69) is 18.6 Å². The molecule has 0 saturated heterocycles. The van der Waals surface area contributed by atoms with E-state index in [0.717, 1.165) is 25.7 Å². The number of rotatable bonds is 23. The molecule has 0 saturated carbocycles. The molecule has 0 amide bonds. The Morgan fingerprint density at radius 2 is 1.20 bits per heavy atom. The van der Waals surface area contributed by atoms with E-state index in [9.17, 15) is 9.90 Å². The number of carbonyl (C=O) groups is 1. The predicted octanol–water partition coefficient (Wildman–Crippen LogP) is 8.63. The second-order valence-electron chi connectivity index (χ2n) is 9.46. The third-order valence-corrected chi connectivity index (χ3v) is 6.27. The van der Waals surface area contributed by atoms with E-state index >= 15 is 0 Å². The molecule has 2 N–H and O–H groups in total. The molecular formula is C29H50O6. The van der Waals surface area contributed by atoms with Crippen molar-refractivity contribution in [2.45, 2.75) is 129 Å². The van der Waals surface area contributed by atoms with Crippen LogP contribution in [-0.2, 0) is 15.9 Å². The molecule has 0 aliphatic rings. The number of para-hydroxylation sites is 1. The maximum Gasteiger partial charge on any atom is 0.511 e. The third-order valence-electron chi connectivity index (χ3n) is 6.27. The monoisotopic (exact) mass is 494 g/mol. The average Bonchev–Trinajstić information content (AvgIpc) is 2.83. The topological polar surface area (TPSA) is 85.2 Å². The van der Waals surface area contributed by atoms with Gasteiger partial charge in [-0.3, -0.25) is 0 Å². The van der Waals surface area contributed by atoms with Crippen molar-refractivity contribution in [3.63, 3.8) is 0 Å². The third kappa shape index (κ3) is 16.5. The van der Waals surface area contributed by atoms with Gasteiger partial charge in [-0.15, -0.1) is 0 Å². The molecule has 0 aromatic heterocycles. The number of hydrogen-bond donors (Lipinski definition) is 2. The zero-order valence-electron chi connectivity index (χ0n) is 22.3. The highest BCUT2D eigenvalue weighted by atomic mass is 16.7. The summed E-state index contributed by atoms with van der Waals surface area (Å²) < 4.78 is 16.8. The van der Waals surface area contributed by atoms with Crippen molar-refractivity contribution in [3.8, 4) is 11.5 Å². The Morgan fingerprint density at radius 1 is 0.743 bits per heavy atom. The number of carboxylic acid groups (broad SMARTS) is 1. The van der Waals surface area contributed by atoms with Crippen molar-refractivity contribution in [1.82, 2.24) is 0 Å². The van der Waals surface area contributed by atoms with Crippen LogP contribution in [0.5, 0.6) is 11.5 Å². The van der Waals surface area contributed by atoms with E-state index in [-0.39, 0.29) is 11.5 Å². The lowest BCUT2D eigenvalue weighted by molar-refractivity contribution is -0.142. The molecular weight excluding hydrogens is 444 g/mol. The second kappa shape index (κ2) is 21.5. The normalized spacial score (nSPS) is 11.3. The van der Waals surface area contributed by atoms with Gasteiger partial charge in [-0.05, 0) is 18.9 Å². The standard InChI is InChI=1S/C29H50O6/c1-3-5-7-9-11-13-15-17-22-33-27(34-23-18-16-14-12-10-8-6-4-2)24-25-20-19-21-26(28(25)30)35-29(31)32/h19-21,27,30H,3-18,22-24H2,1-2H3,(H,31,32). The number of aromatic hydroxyl groups is 1. The SMILES string of the molecule is CCCCCCCCCCOC(Cc1cccc(OC(=O)O)c1O)OCCCCCCCCCC. The Bertz CT molecular complexity index is 626. The van der Waals surface area contributed by atoms with E-state index in [4.69, 9.17) is 14.6 Å². The zero-order valence-corrected chi connectivity index (χ0v) is 22.3. The van der Waals surface area contributed by atoms with Gasteiger partial charge in [0, 0.05) is 25.2 Å². The van der Waals surface area contributed by atoms with E-state index in [1.807, 2.05) is 0 Å². The fraction of sp³-hybridized carbons (Fsp3) is 0.759. The molecule has 0 spiro atoms. The number of ether oxygens (including phenoxy) is 3. The number of phenols is 1. The fourth-order valence-electron chi connectivity index (χ4n) is 4.16. The molecule has 1 aromatic rings. The van der Waals surface area contributed by atoms with Gasteiger partial charge < -0.3 is 24.4 Å². The van der Waals surface area contributed by atoms with Crippen LogP contribution >= 0.6 is 0 Å². The average molecular weight is 495 g/mol. The predicted molar refractivity (Wildman–Crippen MR) is 141 cm³/mol. The minimum atomic E-state index is -1.45. The molecule has 0 fully saturated rings. The van der Waals surface area contributed by atoms with Crippen LogP contribution in [0.3, 0.4) is 0 Å². The van der Waals surface area contributed by atoms with Gasteiger partial charge in [0.25, 0.3) is 0 Å². The van der Waals surface area contributed by atoms with Crippen LogP contribution in [0.4, 0.5) is 4.79 Å². The summed E-state index contributed by atoms with van der Waals surface area (Å²) >= 11 is 0. The molecule has 0 aliphatic heterocycles. The molecule has 0 atom stereocenters. The van der Waals surface area contributed by atoms with E-state index in [0.29, 0.717) is 25.2 Å². The van der Waals surface area contributed by atoms with Crippen molar-refractivity contribution < 1.29 is 29.2 Å². The first-order valence-electron chi connectivity index (χ1n) is 14.0. The Balaban J connectivity index is 2.45. The highest BCUT2D eigenvalue weighted by molar-refractivity contribution is 5.63. The lowest BCUT2D eigenvalue weighted by atomic mass is 10.1. The summed E-state index contributed by atoms with van der Waals surface area (Å²) in [4.78, 5) is 10.9. The fourth-order valence-corrected chi connectivity index (χ4v) is 4.16. The molecule has 6 nitrogen and oxygen atoms in total. The molecule has 202 valence electrons. The molecule has 0 unspecified atom stereocenters. The molecule has 6 heteroatoms. The van der Waals surface area contributed by atoms with E-state index < -0.39 is 12.4 Å². The van der Waals surface area contributed by atoms with E-state index in [1.165, 1.54) is 83.1 Å². The summed E-state index contributed by atoms with van der Waals surface area (Å²) in [6.45, 7) is 5.70. The number of hydrogen-bond acceptors (Lipinski definition) is 5. The lowest BCUT2D eigenvalue weighted by Gasteiger charge is -2.20. The van der Waals surface area contributed by atoms with Crippen molar-refractivity contribution >= 4 is 6.16 Å². The van der Waals surface area contributed by atoms with Gasteiger partial charge in [-0.1, -0.05) is 116 Å². The summed E-state index contributed by atoms with van der Waals surface area (Å²) in [5.41, 5.74) is 0.556. The van der Waals surface area contributed by atoms with Crippen LogP contribution in [0, 0.1) is 0 Å². The first-order chi connectivity index (χ1) is 17.1. The minimum absolute atomic E-state index is 0.0695. The smallest absolute Gasteiger partial charge is 0.504 e. The minimum Gasteiger partial charge on any atom is -0.504 e. The number of unbranched alkanes of at least 4 members (excludes halogenated alkanes) is 14. The summed E-state index contributed by atoms with van der Waals surface area (Å²) in [7, 11) is 0. The molecule has 1 rings (SSSR count). The summed E-state index contributed by atoms with van der Waals surface area (Å²) in [6, 6.07) is 4.85. The molecule has 0 radical (unpaired) electrons. The molecule has 0 heterocycles. The second-order valence-corrected chi connectivity index (χ2v) is 9.46. The summed E-state index contributed by atoms with van der Waals surface area (Å²) in [5.74, 6) is -0.244. The number of phenolic OH excluding ortho intramolecular Hbond substituents is 1. The maximum atomic E-state index is 10.9. The maximum absolute atomic E-state index is 10.9. The van der Waals surface area contributed by atoms with Gasteiger partial charge >= 0.3 is 6.16 Å². The van der Waals surface area contributed by atoms with Crippen LogP contribution in [0.2, 0.25) is 0 Å². The molecule has 0 bridgehead atoms. The first-order valence-corrected chi connectivity index (χ1v) is 14.0. The van der Waals surface area contributed by atoms with Crippen molar-refractivity contribution in [2.24, 2.45) is 0 Å². The molecule has 0 aliphatic carbocycles. The highest BCUT2D eigenvalue weighted by Gasteiger charge is 2.17. The van der Waals surface area contributed by atoms with Gasteiger partial charge in [-0.25, -0.2) is 4.79 Å². The van der Waals surface area contributed by atoms with Gasteiger partial charge in [0.2, 0.25) is 0 Å². The van der Waals surface area contributed by atoms with Crippen molar-refractivity contribution in [1.29, 1.82) is 0 Å². The van der Waals surface area contributed by atoms with Crippen molar-refractivity contribution in [3.05, 3.63) is 23.8 Å². The quantitative estimate of drug-likeness (QED) is 0.0685. The Labute approximate surface area is 213 Å². The Hall–Kier alpha value is -1.79. The largest absolute Gasteiger partial charge is 0.511 e. The van der Waals surface area contributed by atoms with Crippen LogP contribution < -0.4 is 4.74 Å². The summed E-state index contributed by atoms with van der Waals surface area (Å²) in [5, 5.41) is 19.3. The van der Waals surface area contributed by atoms with Gasteiger partial charge in [0.15, 0.2) is 17.8 Å². The highest BCUT2D eigenvalue weighted by Crippen LogP contribution is 2.31. The van der Waals surface area contributed by atoms with Crippen LogP contribution in [0.1, 0.15) is 122 Å². The summed E-state index contributed by atoms with van der Waals surface area (Å²) in [6.07, 6.45) is 18.2. The van der Waals surface area contributed by atoms with Crippen LogP contribution in [-0.4, -0.2) is 35.9 Å². The van der Waals surface area contributed by atoms with Gasteiger partial charge in [0.05, 0.1) is 0 Å². The van der Waals surface area contributed by atoms with Crippen molar-refractivity contribution in [2.75, 3.05) is 13.2 Å². The van der Waals surface area contributed by atoms with Crippen LogP contribution in [0.15, 0.2) is 18.2 Å². The number of benzene rings is 1. The van der Waals surface area contributed by atoms with E-state index in [1.54, 1.807) is 12.1 Å². The molecule has 1 aromatic carbocycles.